The molecule has 0 aliphatic carbocycles. The summed E-state index contributed by atoms with van der Waals surface area (Å²) < 4.78 is 27.4. The molecule has 0 spiro atoms. The van der Waals surface area contributed by atoms with Crippen molar-refractivity contribution in [1.29, 1.82) is 0 Å². The Morgan fingerprint density at radius 3 is 2.10 bits per heavy atom. The van der Waals surface area contributed by atoms with Crippen molar-refractivity contribution in [2.75, 3.05) is 19.6 Å². The average molecular weight is 310 g/mol. The second-order valence-electron chi connectivity index (χ2n) is 7.30. The number of sulfonamides is 1. The van der Waals surface area contributed by atoms with Crippen LogP contribution in [0.15, 0.2) is 35.2 Å². The van der Waals surface area contributed by atoms with E-state index in [0.29, 0.717) is 11.4 Å². The highest BCUT2D eigenvalue weighted by Gasteiger charge is 2.43. The third-order valence-corrected chi connectivity index (χ3v) is 6.23. The van der Waals surface area contributed by atoms with Gasteiger partial charge in [0.2, 0.25) is 10.0 Å². The van der Waals surface area contributed by atoms with Gasteiger partial charge in [-0.05, 0) is 46.8 Å². The molecule has 0 aromatic heterocycles. The zero-order valence-corrected chi connectivity index (χ0v) is 14.4. The van der Waals surface area contributed by atoms with Crippen LogP contribution in [-0.4, -0.2) is 48.3 Å². The van der Waals surface area contributed by atoms with Crippen LogP contribution >= 0.6 is 0 Å². The van der Waals surface area contributed by atoms with Crippen LogP contribution in [0.4, 0.5) is 0 Å². The van der Waals surface area contributed by atoms with Crippen LogP contribution in [-0.2, 0) is 10.0 Å². The first kappa shape index (κ1) is 16.5. The number of nitrogens with zero attached hydrogens (tertiary/aromatic N) is 2. The largest absolute Gasteiger partial charge is 0.295 e. The molecule has 0 bridgehead atoms. The fourth-order valence-electron chi connectivity index (χ4n) is 2.88. The van der Waals surface area contributed by atoms with E-state index in [0.717, 1.165) is 13.1 Å². The lowest BCUT2D eigenvalue weighted by molar-refractivity contribution is 0.0233. The summed E-state index contributed by atoms with van der Waals surface area (Å²) in [6.07, 6.45) is 0. The number of hydrogen-bond donors (Lipinski definition) is 0. The molecule has 118 valence electrons. The van der Waals surface area contributed by atoms with Crippen molar-refractivity contribution >= 4 is 10.0 Å². The lowest BCUT2D eigenvalue weighted by Gasteiger charge is -2.50. The minimum absolute atomic E-state index is 0.0554. The van der Waals surface area contributed by atoms with Crippen molar-refractivity contribution in [2.45, 2.75) is 50.6 Å². The molecule has 1 fully saturated rings. The van der Waals surface area contributed by atoms with E-state index in [1.807, 2.05) is 19.9 Å². The molecule has 21 heavy (non-hydrogen) atoms. The fourth-order valence-corrected chi connectivity index (χ4v) is 4.66. The molecule has 1 aromatic rings. The van der Waals surface area contributed by atoms with Gasteiger partial charge in [0.1, 0.15) is 0 Å². The molecule has 0 saturated carbocycles. The topological polar surface area (TPSA) is 40.6 Å². The Labute approximate surface area is 128 Å². The first-order valence-corrected chi connectivity index (χ1v) is 8.82. The van der Waals surface area contributed by atoms with Gasteiger partial charge in [0, 0.05) is 30.7 Å². The lowest BCUT2D eigenvalue weighted by atomic mass is 9.96. The molecule has 0 unspecified atom stereocenters. The molecule has 1 saturated heterocycles. The zero-order valence-electron chi connectivity index (χ0n) is 13.6. The Morgan fingerprint density at radius 1 is 1.05 bits per heavy atom. The molecule has 0 atom stereocenters. The van der Waals surface area contributed by atoms with Crippen LogP contribution in [0.3, 0.4) is 0 Å². The van der Waals surface area contributed by atoms with E-state index in [-0.39, 0.29) is 5.54 Å². The molecular weight excluding hydrogens is 284 g/mol. The maximum atomic E-state index is 12.9. The van der Waals surface area contributed by atoms with E-state index < -0.39 is 15.6 Å². The van der Waals surface area contributed by atoms with Gasteiger partial charge in [-0.25, -0.2) is 8.42 Å². The lowest BCUT2D eigenvalue weighted by Crippen LogP contribution is -2.64. The molecule has 2 rings (SSSR count). The van der Waals surface area contributed by atoms with Crippen LogP contribution in [0.5, 0.6) is 0 Å². The normalized spacial score (nSPS) is 21.4. The highest BCUT2D eigenvalue weighted by molar-refractivity contribution is 7.89. The monoisotopic (exact) mass is 310 g/mol. The molecule has 1 aliphatic rings. The maximum absolute atomic E-state index is 12.9. The summed E-state index contributed by atoms with van der Waals surface area (Å²) in [5, 5.41) is 0. The van der Waals surface area contributed by atoms with Crippen molar-refractivity contribution in [2.24, 2.45) is 0 Å². The second kappa shape index (κ2) is 5.38. The molecule has 1 aromatic carbocycles. The maximum Gasteiger partial charge on any atom is 0.243 e. The fraction of sp³-hybridized carbons (Fsp3) is 0.625. The third-order valence-electron chi connectivity index (χ3n) is 4.11. The molecule has 5 heteroatoms. The van der Waals surface area contributed by atoms with E-state index in [1.54, 1.807) is 28.6 Å². The molecular formula is C16H26N2O2S. The predicted octanol–water partition coefficient (Wildman–Crippen LogP) is 2.57. The van der Waals surface area contributed by atoms with Crippen molar-refractivity contribution in [1.82, 2.24) is 9.21 Å². The van der Waals surface area contributed by atoms with E-state index >= 15 is 0 Å². The van der Waals surface area contributed by atoms with Gasteiger partial charge >= 0.3 is 0 Å². The Kier molecular flexibility index (Phi) is 4.21. The number of rotatable bonds is 2. The first-order chi connectivity index (χ1) is 9.55. The van der Waals surface area contributed by atoms with Crippen LogP contribution in [0.25, 0.3) is 0 Å². The van der Waals surface area contributed by atoms with Crippen molar-refractivity contribution < 1.29 is 8.42 Å². The van der Waals surface area contributed by atoms with Crippen LogP contribution in [0.1, 0.15) is 34.6 Å². The molecule has 4 nitrogen and oxygen atoms in total. The van der Waals surface area contributed by atoms with E-state index in [9.17, 15) is 8.42 Å². The quantitative estimate of drug-likeness (QED) is 0.843. The van der Waals surface area contributed by atoms with Crippen LogP contribution in [0.2, 0.25) is 0 Å². The standard InChI is InChI=1S/C16H26N2O2S/c1-15(2,3)17-11-12-18(16(4,5)13-17)21(19,20)14-9-7-6-8-10-14/h6-10H,11-13H2,1-5H3. The average Bonchev–Trinajstić information content (AvgIpc) is 2.37. The summed E-state index contributed by atoms with van der Waals surface area (Å²) in [6.45, 7) is 12.6. The smallest absolute Gasteiger partial charge is 0.243 e. The SMILES string of the molecule is CC(C)(C)N1CCN(S(=O)(=O)c2ccccc2)C(C)(C)C1. The molecule has 1 heterocycles. The number of hydrogen-bond acceptors (Lipinski definition) is 3. The van der Waals surface area contributed by atoms with Crippen LogP contribution < -0.4 is 0 Å². The van der Waals surface area contributed by atoms with Crippen molar-refractivity contribution in [3.63, 3.8) is 0 Å². The highest BCUT2D eigenvalue weighted by atomic mass is 32.2. The van der Waals surface area contributed by atoms with Gasteiger partial charge in [0.25, 0.3) is 0 Å². The predicted molar refractivity (Wildman–Crippen MR) is 85.7 cm³/mol. The third kappa shape index (κ3) is 3.30. The van der Waals surface area contributed by atoms with Gasteiger partial charge in [0.15, 0.2) is 0 Å². The minimum Gasteiger partial charge on any atom is -0.295 e. The van der Waals surface area contributed by atoms with Gasteiger partial charge in [0.05, 0.1) is 4.90 Å². The summed E-state index contributed by atoms with van der Waals surface area (Å²) in [5.41, 5.74) is -0.361. The summed E-state index contributed by atoms with van der Waals surface area (Å²) >= 11 is 0. The highest BCUT2D eigenvalue weighted by Crippen LogP contribution is 2.31. The Balaban J connectivity index is 2.30. The minimum atomic E-state index is -3.43. The molecule has 0 radical (unpaired) electrons. The summed E-state index contributed by atoms with van der Waals surface area (Å²) in [5.74, 6) is 0. The summed E-state index contributed by atoms with van der Waals surface area (Å²) in [6, 6.07) is 8.71. The van der Waals surface area contributed by atoms with Crippen molar-refractivity contribution in [3.05, 3.63) is 30.3 Å². The summed E-state index contributed by atoms with van der Waals surface area (Å²) in [4.78, 5) is 2.73. The Morgan fingerprint density at radius 2 is 1.62 bits per heavy atom. The zero-order chi connectivity index (χ0) is 15.9. The van der Waals surface area contributed by atoms with Crippen LogP contribution in [0, 0.1) is 0 Å². The number of piperazine rings is 1. The Bertz CT molecular complexity index is 588. The van der Waals surface area contributed by atoms with E-state index in [2.05, 4.69) is 25.7 Å². The Hall–Kier alpha value is -0.910. The van der Waals surface area contributed by atoms with E-state index in [1.165, 1.54) is 0 Å². The first-order valence-electron chi connectivity index (χ1n) is 7.38. The molecule has 0 N–H and O–H groups in total. The van der Waals surface area contributed by atoms with Gasteiger partial charge in [-0.2, -0.15) is 4.31 Å². The molecule has 0 amide bonds. The van der Waals surface area contributed by atoms with Crippen molar-refractivity contribution in [3.8, 4) is 0 Å². The second-order valence-corrected chi connectivity index (χ2v) is 9.16. The van der Waals surface area contributed by atoms with Gasteiger partial charge in [-0.1, -0.05) is 18.2 Å². The van der Waals surface area contributed by atoms with E-state index in [4.69, 9.17) is 0 Å². The molecule has 1 aliphatic heterocycles. The number of benzene rings is 1. The van der Waals surface area contributed by atoms with Gasteiger partial charge < -0.3 is 0 Å². The van der Waals surface area contributed by atoms with Gasteiger partial charge in [-0.15, -0.1) is 0 Å². The summed E-state index contributed by atoms with van der Waals surface area (Å²) in [7, 11) is -3.43. The van der Waals surface area contributed by atoms with Gasteiger partial charge in [-0.3, -0.25) is 4.90 Å².